The number of hydrogen-bond donors (Lipinski definition) is 1. The molecular weight excluding hydrogens is 386 g/mol. The Labute approximate surface area is 180 Å². The minimum Gasteiger partial charge on any atom is -0.324 e. The summed E-state index contributed by atoms with van der Waals surface area (Å²) < 4.78 is 2.13. The van der Waals surface area contributed by atoms with E-state index in [1.54, 1.807) is 0 Å². The largest absolute Gasteiger partial charge is 0.324 e. The van der Waals surface area contributed by atoms with Gasteiger partial charge in [-0.1, -0.05) is 36.4 Å². The van der Waals surface area contributed by atoms with Crippen LogP contribution in [0.3, 0.4) is 0 Å². The van der Waals surface area contributed by atoms with Crippen LogP contribution in [0.5, 0.6) is 0 Å². The number of hydrogen-bond acceptors (Lipinski definition) is 3. The van der Waals surface area contributed by atoms with E-state index in [1.165, 1.54) is 5.69 Å². The molecule has 1 spiro atoms. The molecule has 1 saturated heterocycles. The van der Waals surface area contributed by atoms with E-state index in [9.17, 15) is 4.79 Å². The summed E-state index contributed by atoms with van der Waals surface area (Å²) in [6, 6.07) is 22.1. The fraction of sp³-hybridized carbons (Fsp3) is 0.240. The molecule has 6 nitrogen and oxygen atoms in total. The Bertz CT molecular complexity index is 1280. The van der Waals surface area contributed by atoms with Crippen LogP contribution in [-0.4, -0.2) is 38.8 Å². The van der Waals surface area contributed by atoms with Crippen molar-refractivity contribution in [1.29, 1.82) is 0 Å². The summed E-state index contributed by atoms with van der Waals surface area (Å²) in [4.78, 5) is 19.3. The first-order valence-corrected chi connectivity index (χ1v) is 10.7. The maximum atomic E-state index is 12.8. The lowest BCUT2D eigenvalue weighted by Crippen LogP contribution is -2.36. The molecule has 2 aromatic carbocycles. The molecule has 2 aromatic heterocycles. The number of para-hydroxylation sites is 2. The summed E-state index contributed by atoms with van der Waals surface area (Å²) >= 11 is 0. The Kier molecular flexibility index (Phi) is 4.06. The summed E-state index contributed by atoms with van der Waals surface area (Å²) in [6.45, 7) is 2.38. The quantitative estimate of drug-likeness (QED) is 0.523. The lowest BCUT2D eigenvalue weighted by molar-refractivity contribution is 0.219. The molecule has 1 atom stereocenters. The highest BCUT2D eigenvalue weighted by molar-refractivity contribution is 5.89. The van der Waals surface area contributed by atoms with Gasteiger partial charge in [-0.15, -0.1) is 0 Å². The molecule has 31 heavy (non-hydrogen) atoms. The first kappa shape index (κ1) is 18.1. The van der Waals surface area contributed by atoms with Crippen molar-refractivity contribution in [2.24, 2.45) is 0 Å². The van der Waals surface area contributed by atoms with Crippen LogP contribution in [0.2, 0.25) is 0 Å². The molecule has 6 rings (SSSR count). The molecule has 154 valence electrons. The molecule has 1 fully saturated rings. The lowest BCUT2D eigenvalue weighted by atomic mass is 9.82. The van der Waals surface area contributed by atoms with Gasteiger partial charge < -0.3 is 10.2 Å². The van der Waals surface area contributed by atoms with Crippen molar-refractivity contribution in [1.82, 2.24) is 19.7 Å². The van der Waals surface area contributed by atoms with E-state index in [-0.39, 0.29) is 11.4 Å². The van der Waals surface area contributed by atoms with E-state index < -0.39 is 0 Å². The van der Waals surface area contributed by atoms with Crippen LogP contribution in [0.4, 0.5) is 10.5 Å². The van der Waals surface area contributed by atoms with Gasteiger partial charge in [0.15, 0.2) is 0 Å². The van der Waals surface area contributed by atoms with Crippen LogP contribution in [0.1, 0.15) is 18.5 Å². The molecule has 1 N–H and O–H groups in total. The van der Waals surface area contributed by atoms with Gasteiger partial charge in [-0.3, -0.25) is 9.67 Å². The van der Waals surface area contributed by atoms with Gasteiger partial charge in [0.2, 0.25) is 0 Å². The van der Waals surface area contributed by atoms with Gasteiger partial charge in [-0.25, -0.2) is 4.79 Å². The molecule has 2 aliphatic rings. The number of urea groups is 1. The minimum absolute atomic E-state index is 0.0104. The van der Waals surface area contributed by atoms with Crippen LogP contribution in [0.15, 0.2) is 72.9 Å². The van der Waals surface area contributed by atoms with Gasteiger partial charge in [-0.05, 0) is 43.2 Å². The van der Waals surface area contributed by atoms with Gasteiger partial charge >= 0.3 is 6.03 Å². The zero-order chi connectivity index (χ0) is 20.8. The molecule has 1 unspecified atom stereocenters. The van der Waals surface area contributed by atoms with Gasteiger partial charge in [0.05, 0.1) is 11.2 Å². The second kappa shape index (κ2) is 6.94. The number of nitrogens with one attached hydrogen (secondary N) is 1. The topological polar surface area (TPSA) is 63.1 Å². The van der Waals surface area contributed by atoms with Crippen molar-refractivity contribution < 1.29 is 4.79 Å². The van der Waals surface area contributed by atoms with Gasteiger partial charge in [-0.2, -0.15) is 5.10 Å². The van der Waals surface area contributed by atoms with Crippen LogP contribution >= 0.6 is 0 Å². The molecule has 4 heterocycles. The van der Waals surface area contributed by atoms with Crippen molar-refractivity contribution in [3.63, 3.8) is 0 Å². The maximum Gasteiger partial charge on any atom is 0.321 e. The molecule has 0 aliphatic carbocycles. The van der Waals surface area contributed by atoms with E-state index in [0.717, 1.165) is 60.3 Å². The lowest BCUT2D eigenvalue weighted by Gasteiger charge is -2.23. The average molecular weight is 409 g/mol. The Morgan fingerprint density at radius 3 is 2.68 bits per heavy atom. The number of aryl methyl sites for hydroxylation is 1. The Morgan fingerprint density at radius 1 is 0.968 bits per heavy atom. The third kappa shape index (κ3) is 3.06. The third-order valence-electron chi connectivity index (χ3n) is 6.68. The summed E-state index contributed by atoms with van der Waals surface area (Å²) in [5, 5.41) is 9.02. The summed E-state index contributed by atoms with van der Waals surface area (Å²) in [5.41, 5.74) is 5.04. The van der Waals surface area contributed by atoms with E-state index in [1.807, 2.05) is 59.6 Å². The van der Waals surface area contributed by atoms with E-state index >= 15 is 0 Å². The van der Waals surface area contributed by atoms with Gasteiger partial charge in [0.1, 0.15) is 0 Å². The fourth-order valence-electron chi connectivity index (χ4n) is 5.00. The number of rotatable bonds is 2. The molecule has 2 aliphatic heterocycles. The fourth-order valence-corrected chi connectivity index (χ4v) is 5.00. The van der Waals surface area contributed by atoms with Crippen LogP contribution in [0, 0.1) is 0 Å². The van der Waals surface area contributed by atoms with E-state index in [0.29, 0.717) is 0 Å². The zero-order valence-electron chi connectivity index (χ0n) is 17.2. The molecule has 6 heteroatoms. The first-order chi connectivity index (χ1) is 15.2. The number of anilines is 1. The summed E-state index contributed by atoms with van der Waals surface area (Å²) in [7, 11) is 0. The highest BCUT2D eigenvalue weighted by atomic mass is 16.2. The Balaban J connectivity index is 1.25. The monoisotopic (exact) mass is 409 g/mol. The summed E-state index contributed by atoms with van der Waals surface area (Å²) in [5.74, 6) is 0. The second-order valence-electron chi connectivity index (χ2n) is 8.55. The van der Waals surface area contributed by atoms with Gasteiger partial charge in [0, 0.05) is 53.6 Å². The smallest absolute Gasteiger partial charge is 0.321 e. The van der Waals surface area contributed by atoms with Gasteiger partial charge in [0.25, 0.3) is 0 Å². The number of pyridine rings is 1. The normalized spacial score (nSPS) is 19.8. The van der Waals surface area contributed by atoms with Crippen molar-refractivity contribution in [2.75, 3.05) is 18.4 Å². The zero-order valence-corrected chi connectivity index (χ0v) is 17.2. The van der Waals surface area contributed by atoms with Crippen LogP contribution in [0.25, 0.3) is 22.2 Å². The Morgan fingerprint density at radius 2 is 1.77 bits per heavy atom. The van der Waals surface area contributed by atoms with Crippen molar-refractivity contribution in [3.05, 3.63) is 78.6 Å². The van der Waals surface area contributed by atoms with Crippen LogP contribution < -0.4 is 5.32 Å². The highest BCUT2D eigenvalue weighted by Crippen LogP contribution is 2.44. The number of likely N-dealkylation sites (tertiary alicyclic amines) is 1. The number of carbonyl (C=O) groups is 1. The number of carbonyl (C=O) groups excluding carboxylic acids is 1. The summed E-state index contributed by atoms with van der Waals surface area (Å²) in [6.07, 6.45) is 3.90. The van der Waals surface area contributed by atoms with E-state index in [4.69, 9.17) is 5.10 Å². The standard InChI is InChI=1S/C25H23N5O/c31-24(27-20-7-2-1-3-8-20)29-12-10-25(17-29)11-13-30-23(25)15-22(28-30)19-14-18-6-4-5-9-21(18)26-16-19/h1-9,14-16H,10-13,17H2,(H,27,31). The molecule has 4 aromatic rings. The molecule has 0 bridgehead atoms. The minimum atomic E-state index is -0.0278. The van der Waals surface area contributed by atoms with Crippen molar-refractivity contribution in [3.8, 4) is 11.3 Å². The van der Waals surface area contributed by atoms with Crippen molar-refractivity contribution in [2.45, 2.75) is 24.8 Å². The number of benzene rings is 2. The second-order valence-corrected chi connectivity index (χ2v) is 8.55. The average Bonchev–Trinajstić information content (AvgIpc) is 3.51. The molecular formula is C25H23N5O. The third-order valence-corrected chi connectivity index (χ3v) is 6.68. The van der Waals surface area contributed by atoms with Crippen molar-refractivity contribution >= 4 is 22.6 Å². The molecule has 0 saturated carbocycles. The number of amides is 2. The van der Waals surface area contributed by atoms with Crippen LogP contribution in [-0.2, 0) is 12.0 Å². The van der Waals surface area contributed by atoms with E-state index in [2.05, 4.69) is 33.2 Å². The number of fused-ring (bicyclic) bond motifs is 3. The SMILES string of the molecule is O=C(Nc1ccccc1)N1CCC2(CCn3nc(-c4cnc5ccccc5c4)cc32)C1. The number of nitrogens with zero attached hydrogens (tertiary/aromatic N) is 4. The highest BCUT2D eigenvalue weighted by Gasteiger charge is 2.46. The molecule has 2 amide bonds. The molecule has 0 radical (unpaired) electrons. The first-order valence-electron chi connectivity index (χ1n) is 10.7. The number of aromatic nitrogens is 3. The Hall–Kier alpha value is -3.67. The maximum absolute atomic E-state index is 12.8. The predicted octanol–water partition coefficient (Wildman–Crippen LogP) is 4.68. The predicted molar refractivity (Wildman–Crippen MR) is 121 cm³/mol.